The van der Waals surface area contributed by atoms with E-state index in [1.54, 1.807) is 7.11 Å². The molecule has 2 aliphatic carbocycles. The van der Waals surface area contributed by atoms with Crippen molar-refractivity contribution in [3.8, 4) is 11.5 Å². The molecular formula is C18H23BrO4. The number of carboxylic acid groups (broad SMARTS) is 1. The van der Waals surface area contributed by atoms with Gasteiger partial charge in [-0.05, 0) is 72.2 Å². The van der Waals surface area contributed by atoms with Crippen LogP contribution in [-0.4, -0.2) is 24.3 Å². The smallest absolute Gasteiger partial charge is 0.314 e. The number of carbonyl (C=O) groups is 1. The first kappa shape index (κ1) is 16.6. The zero-order chi connectivity index (χ0) is 16.4. The highest BCUT2D eigenvalue weighted by Crippen LogP contribution is 2.47. The summed E-state index contributed by atoms with van der Waals surface area (Å²) in [6, 6.07) is 3.76. The first-order valence-electron chi connectivity index (χ1n) is 8.35. The molecule has 0 unspecified atom stereocenters. The van der Waals surface area contributed by atoms with E-state index in [0.717, 1.165) is 35.7 Å². The second-order valence-electron chi connectivity index (χ2n) is 6.61. The Balaban J connectivity index is 1.97. The standard InChI is InChI=1S/C18H23BrO4/c1-22-15-11-12(18(17(20)21)8-4-5-9-18)10-14(19)16(15)23-13-6-2-3-7-13/h10-11,13H,2-9H2,1H3,(H,20,21). The van der Waals surface area contributed by atoms with Crippen molar-refractivity contribution in [3.05, 3.63) is 22.2 Å². The highest BCUT2D eigenvalue weighted by Gasteiger charge is 2.43. The summed E-state index contributed by atoms with van der Waals surface area (Å²) >= 11 is 3.57. The van der Waals surface area contributed by atoms with E-state index in [2.05, 4.69) is 15.9 Å². The fourth-order valence-corrected chi connectivity index (χ4v) is 4.42. The summed E-state index contributed by atoms with van der Waals surface area (Å²) in [5, 5.41) is 9.78. The van der Waals surface area contributed by atoms with Gasteiger partial charge in [-0.15, -0.1) is 0 Å². The van der Waals surface area contributed by atoms with Crippen molar-refractivity contribution in [1.82, 2.24) is 0 Å². The van der Waals surface area contributed by atoms with Crippen LogP contribution in [0.3, 0.4) is 0 Å². The molecule has 1 aromatic rings. The molecule has 0 aliphatic heterocycles. The molecule has 0 amide bonds. The SMILES string of the molecule is COc1cc(C2(C(=O)O)CCCC2)cc(Br)c1OC1CCCC1. The Labute approximate surface area is 145 Å². The lowest BCUT2D eigenvalue weighted by Crippen LogP contribution is -2.32. The molecule has 2 aliphatic rings. The van der Waals surface area contributed by atoms with Gasteiger partial charge in [0.1, 0.15) is 0 Å². The van der Waals surface area contributed by atoms with Gasteiger partial charge >= 0.3 is 5.97 Å². The van der Waals surface area contributed by atoms with Crippen LogP contribution in [0, 0.1) is 0 Å². The van der Waals surface area contributed by atoms with Crippen molar-refractivity contribution in [3.63, 3.8) is 0 Å². The average Bonchev–Trinajstić information content (AvgIpc) is 3.20. The maximum Gasteiger partial charge on any atom is 0.314 e. The van der Waals surface area contributed by atoms with Gasteiger partial charge in [0.15, 0.2) is 11.5 Å². The Morgan fingerprint density at radius 3 is 2.43 bits per heavy atom. The molecule has 0 aromatic heterocycles. The maximum absolute atomic E-state index is 11.9. The number of halogens is 1. The van der Waals surface area contributed by atoms with Crippen LogP contribution in [-0.2, 0) is 10.2 Å². The van der Waals surface area contributed by atoms with Crippen LogP contribution < -0.4 is 9.47 Å². The van der Waals surface area contributed by atoms with Gasteiger partial charge in [0.25, 0.3) is 0 Å². The summed E-state index contributed by atoms with van der Waals surface area (Å²) in [7, 11) is 1.61. The van der Waals surface area contributed by atoms with E-state index in [-0.39, 0.29) is 6.10 Å². The quantitative estimate of drug-likeness (QED) is 0.803. The molecule has 2 fully saturated rings. The van der Waals surface area contributed by atoms with E-state index in [9.17, 15) is 9.90 Å². The van der Waals surface area contributed by atoms with Gasteiger partial charge in [-0.1, -0.05) is 12.8 Å². The fraction of sp³-hybridized carbons (Fsp3) is 0.611. The molecular weight excluding hydrogens is 360 g/mol. The molecule has 23 heavy (non-hydrogen) atoms. The van der Waals surface area contributed by atoms with Crippen molar-refractivity contribution >= 4 is 21.9 Å². The lowest BCUT2D eigenvalue weighted by molar-refractivity contribution is -0.143. The van der Waals surface area contributed by atoms with E-state index < -0.39 is 11.4 Å². The largest absolute Gasteiger partial charge is 0.493 e. The molecule has 3 rings (SSSR count). The van der Waals surface area contributed by atoms with E-state index >= 15 is 0 Å². The van der Waals surface area contributed by atoms with Crippen molar-refractivity contribution < 1.29 is 19.4 Å². The summed E-state index contributed by atoms with van der Waals surface area (Å²) < 4.78 is 12.4. The Kier molecular flexibility index (Phi) is 4.85. The average molecular weight is 383 g/mol. The van der Waals surface area contributed by atoms with Gasteiger partial charge in [-0.25, -0.2) is 0 Å². The van der Waals surface area contributed by atoms with Crippen LogP contribution in [0.25, 0.3) is 0 Å². The third-order valence-electron chi connectivity index (χ3n) is 5.24. The summed E-state index contributed by atoms with van der Waals surface area (Å²) in [5.74, 6) is 0.573. The molecule has 5 heteroatoms. The molecule has 0 spiro atoms. The first-order chi connectivity index (χ1) is 11.1. The Bertz CT molecular complexity index is 587. The number of benzene rings is 1. The number of hydrogen-bond donors (Lipinski definition) is 1. The summed E-state index contributed by atoms with van der Waals surface area (Å²) in [4.78, 5) is 11.9. The molecule has 2 saturated carbocycles. The van der Waals surface area contributed by atoms with Crippen LogP contribution in [0.1, 0.15) is 56.9 Å². The van der Waals surface area contributed by atoms with E-state index in [4.69, 9.17) is 9.47 Å². The molecule has 0 bridgehead atoms. The Hall–Kier alpha value is -1.23. The zero-order valence-corrected chi connectivity index (χ0v) is 15.0. The number of aliphatic carboxylic acids is 1. The Morgan fingerprint density at radius 1 is 1.22 bits per heavy atom. The topological polar surface area (TPSA) is 55.8 Å². The van der Waals surface area contributed by atoms with Crippen molar-refractivity contribution in [2.45, 2.75) is 62.9 Å². The first-order valence-corrected chi connectivity index (χ1v) is 9.14. The van der Waals surface area contributed by atoms with Crippen LogP contribution >= 0.6 is 15.9 Å². The molecule has 0 atom stereocenters. The second-order valence-corrected chi connectivity index (χ2v) is 7.46. The van der Waals surface area contributed by atoms with Crippen LogP contribution in [0.2, 0.25) is 0 Å². The number of hydrogen-bond acceptors (Lipinski definition) is 3. The normalized spacial score (nSPS) is 20.6. The molecule has 0 radical (unpaired) electrons. The lowest BCUT2D eigenvalue weighted by Gasteiger charge is -2.26. The van der Waals surface area contributed by atoms with E-state index in [1.165, 1.54) is 12.8 Å². The fourth-order valence-electron chi connectivity index (χ4n) is 3.89. The van der Waals surface area contributed by atoms with Gasteiger partial charge in [0.2, 0.25) is 0 Å². The minimum atomic E-state index is -0.790. The van der Waals surface area contributed by atoms with Gasteiger partial charge in [-0.2, -0.15) is 0 Å². The number of methoxy groups -OCH3 is 1. The lowest BCUT2D eigenvalue weighted by atomic mass is 9.79. The minimum Gasteiger partial charge on any atom is -0.493 e. The molecule has 1 N–H and O–H groups in total. The number of ether oxygens (including phenoxy) is 2. The molecule has 126 valence electrons. The van der Waals surface area contributed by atoms with Crippen molar-refractivity contribution in [2.75, 3.05) is 7.11 Å². The molecule has 4 nitrogen and oxygen atoms in total. The number of rotatable bonds is 5. The summed E-state index contributed by atoms with van der Waals surface area (Å²) in [5.41, 5.74) is 0.0202. The van der Waals surface area contributed by atoms with Gasteiger partial charge in [0.05, 0.1) is 23.1 Å². The van der Waals surface area contributed by atoms with E-state index in [0.29, 0.717) is 24.3 Å². The predicted octanol–water partition coefficient (Wildman–Crippen LogP) is 4.68. The zero-order valence-electron chi connectivity index (χ0n) is 13.4. The van der Waals surface area contributed by atoms with Gasteiger partial charge in [0, 0.05) is 0 Å². The third kappa shape index (κ3) is 3.08. The van der Waals surface area contributed by atoms with Crippen LogP contribution in [0.15, 0.2) is 16.6 Å². The molecule has 1 aromatic carbocycles. The third-order valence-corrected chi connectivity index (χ3v) is 5.82. The van der Waals surface area contributed by atoms with E-state index in [1.807, 2.05) is 12.1 Å². The van der Waals surface area contributed by atoms with Crippen molar-refractivity contribution in [2.24, 2.45) is 0 Å². The van der Waals surface area contributed by atoms with Crippen LogP contribution in [0.5, 0.6) is 11.5 Å². The second kappa shape index (κ2) is 6.71. The summed E-state index contributed by atoms with van der Waals surface area (Å²) in [6.45, 7) is 0. The maximum atomic E-state index is 11.9. The minimum absolute atomic E-state index is 0.228. The number of carboxylic acids is 1. The van der Waals surface area contributed by atoms with Gasteiger partial charge < -0.3 is 14.6 Å². The Morgan fingerprint density at radius 2 is 1.87 bits per heavy atom. The predicted molar refractivity (Wildman–Crippen MR) is 91.4 cm³/mol. The summed E-state index contributed by atoms with van der Waals surface area (Å²) in [6.07, 6.45) is 8.02. The molecule has 0 saturated heterocycles. The van der Waals surface area contributed by atoms with Crippen LogP contribution in [0.4, 0.5) is 0 Å². The highest BCUT2D eigenvalue weighted by molar-refractivity contribution is 9.10. The monoisotopic (exact) mass is 382 g/mol. The van der Waals surface area contributed by atoms with Gasteiger partial charge in [-0.3, -0.25) is 4.79 Å². The van der Waals surface area contributed by atoms with Crippen molar-refractivity contribution in [1.29, 1.82) is 0 Å². The highest BCUT2D eigenvalue weighted by atomic mass is 79.9. The molecule has 0 heterocycles.